The Kier molecular flexibility index (Phi) is 4.73. The van der Waals surface area contributed by atoms with E-state index in [1.54, 1.807) is 6.26 Å². The van der Waals surface area contributed by atoms with Crippen molar-refractivity contribution in [2.24, 2.45) is 0 Å². The van der Waals surface area contributed by atoms with Crippen molar-refractivity contribution < 1.29 is 14.0 Å². The minimum absolute atomic E-state index is 0.170. The largest absolute Gasteiger partial charge is 0.468 e. The van der Waals surface area contributed by atoms with Crippen LogP contribution < -0.4 is 5.32 Å². The number of nitrogens with zero attached hydrogens (tertiary/aromatic N) is 2. The van der Waals surface area contributed by atoms with E-state index < -0.39 is 0 Å². The quantitative estimate of drug-likeness (QED) is 0.883. The smallest absolute Gasteiger partial charge is 0.324 e. The molecule has 0 radical (unpaired) electrons. The summed E-state index contributed by atoms with van der Waals surface area (Å²) in [5, 5.41) is 2.65. The molecule has 3 amide bonds. The van der Waals surface area contributed by atoms with Crippen molar-refractivity contribution in [3.05, 3.63) is 60.1 Å². The van der Waals surface area contributed by atoms with Crippen molar-refractivity contribution >= 4 is 11.9 Å². The highest BCUT2D eigenvalue weighted by atomic mass is 16.3. The van der Waals surface area contributed by atoms with Gasteiger partial charge in [-0.3, -0.25) is 14.6 Å². The molecule has 0 unspecified atom stereocenters. The number of hydrogen-bond donors (Lipinski definition) is 1. The number of nitrogens with one attached hydrogen (secondary N) is 1. The van der Waals surface area contributed by atoms with Crippen LogP contribution in [0.5, 0.6) is 0 Å². The monoisotopic (exact) mass is 313 g/mol. The molecule has 2 aromatic rings. The lowest BCUT2D eigenvalue weighted by Crippen LogP contribution is -2.41. The van der Waals surface area contributed by atoms with Crippen molar-refractivity contribution in [3.8, 4) is 0 Å². The number of carbonyl (C=O) groups is 2. The Morgan fingerprint density at radius 2 is 2.00 bits per heavy atom. The van der Waals surface area contributed by atoms with Crippen LogP contribution in [0.4, 0.5) is 4.79 Å². The molecule has 0 atom stereocenters. The van der Waals surface area contributed by atoms with Crippen molar-refractivity contribution in [2.75, 3.05) is 19.6 Å². The molecule has 6 heteroatoms. The molecular weight excluding hydrogens is 294 g/mol. The van der Waals surface area contributed by atoms with Gasteiger partial charge >= 0.3 is 6.03 Å². The summed E-state index contributed by atoms with van der Waals surface area (Å²) in [6.45, 7) is 2.24. The minimum Gasteiger partial charge on any atom is -0.468 e. The van der Waals surface area contributed by atoms with Gasteiger partial charge in [-0.2, -0.15) is 0 Å². The van der Waals surface area contributed by atoms with Gasteiger partial charge < -0.3 is 9.73 Å². The molecule has 1 fully saturated rings. The summed E-state index contributed by atoms with van der Waals surface area (Å²) in [5.74, 6) is 0.599. The zero-order valence-electron chi connectivity index (χ0n) is 12.8. The molecule has 1 saturated heterocycles. The van der Waals surface area contributed by atoms with Crippen LogP contribution in [-0.2, 0) is 17.9 Å². The van der Waals surface area contributed by atoms with Gasteiger partial charge in [0.1, 0.15) is 5.76 Å². The van der Waals surface area contributed by atoms with Gasteiger partial charge in [0.2, 0.25) is 5.91 Å². The fourth-order valence-electron chi connectivity index (χ4n) is 2.62. The van der Waals surface area contributed by atoms with Crippen molar-refractivity contribution in [3.63, 3.8) is 0 Å². The zero-order chi connectivity index (χ0) is 16.1. The second-order valence-corrected chi connectivity index (χ2v) is 5.49. The fourth-order valence-corrected chi connectivity index (χ4v) is 2.62. The second kappa shape index (κ2) is 7.11. The number of amides is 3. The second-order valence-electron chi connectivity index (χ2n) is 5.49. The Labute approximate surface area is 134 Å². The Hall–Kier alpha value is -2.60. The van der Waals surface area contributed by atoms with Gasteiger partial charge in [-0.1, -0.05) is 30.3 Å². The predicted molar refractivity (Wildman–Crippen MR) is 84.4 cm³/mol. The molecule has 120 valence electrons. The van der Waals surface area contributed by atoms with Crippen LogP contribution in [0, 0.1) is 0 Å². The zero-order valence-corrected chi connectivity index (χ0v) is 12.8. The summed E-state index contributed by atoms with van der Waals surface area (Å²) >= 11 is 0. The molecular formula is C17H19N3O3. The van der Waals surface area contributed by atoms with Crippen LogP contribution >= 0.6 is 0 Å². The van der Waals surface area contributed by atoms with E-state index >= 15 is 0 Å². The molecule has 0 aliphatic carbocycles. The van der Waals surface area contributed by atoms with Crippen LogP contribution in [0.25, 0.3) is 0 Å². The van der Waals surface area contributed by atoms with Crippen molar-refractivity contribution in [1.82, 2.24) is 15.1 Å². The number of imide groups is 1. The molecule has 1 aliphatic rings. The van der Waals surface area contributed by atoms with Crippen LogP contribution in [0.15, 0.2) is 53.1 Å². The molecule has 1 N–H and O–H groups in total. The number of hydrogen-bond acceptors (Lipinski definition) is 4. The Bertz CT molecular complexity index is 655. The summed E-state index contributed by atoms with van der Waals surface area (Å²) in [6, 6.07) is 13.3. The van der Waals surface area contributed by atoms with E-state index in [1.165, 1.54) is 4.90 Å². The SMILES string of the molecule is O=C(CN(Cc1ccccc1)Cc1ccco1)N1CCNC1=O. The minimum atomic E-state index is -0.312. The lowest BCUT2D eigenvalue weighted by Gasteiger charge is -2.23. The Morgan fingerprint density at radius 1 is 1.17 bits per heavy atom. The molecule has 23 heavy (non-hydrogen) atoms. The van der Waals surface area contributed by atoms with E-state index in [0.29, 0.717) is 26.2 Å². The molecule has 1 aromatic carbocycles. The third kappa shape index (κ3) is 3.98. The fraction of sp³-hybridized carbons (Fsp3) is 0.294. The number of urea groups is 1. The third-order valence-corrected chi connectivity index (χ3v) is 3.73. The lowest BCUT2D eigenvalue weighted by molar-refractivity contribution is -0.129. The van der Waals surface area contributed by atoms with E-state index in [-0.39, 0.29) is 18.5 Å². The van der Waals surface area contributed by atoms with Crippen LogP contribution in [0.2, 0.25) is 0 Å². The van der Waals surface area contributed by atoms with Crippen LogP contribution in [-0.4, -0.2) is 41.4 Å². The molecule has 2 heterocycles. The maximum atomic E-state index is 12.4. The van der Waals surface area contributed by atoms with Crippen molar-refractivity contribution in [2.45, 2.75) is 13.1 Å². The first-order chi connectivity index (χ1) is 11.2. The Balaban J connectivity index is 1.69. The predicted octanol–water partition coefficient (Wildman–Crippen LogP) is 1.83. The standard InChI is InChI=1S/C17H19N3O3/c21-16(20-9-8-18-17(20)22)13-19(12-15-7-4-10-23-15)11-14-5-2-1-3-6-14/h1-7,10H,8-9,11-13H2,(H,18,22). The van der Waals surface area contributed by atoms with Gasteiger partial charge in [-0.15, -0.1) is 0 Å². The molecule has 6 nitrogen and oxygen atoms in total. The highest BCUT2D eigenvalue weighted by Gasteiger charge is 2.27. The summed E-state index contributed by atoms with van der Waals surface area (Å²) in [6.07, 6.45) is 1.62. The highest BCUT2D eigenvalue weighted by molar-refractivity contribution is 5.96. The molecule has 1 aliphatic heterocycles. The lowest BCUT2D eigenvalue weighted by atomic mass is 10.2. The molecule has 0 spiro atoms. The summed E-state index contributed by atoms with van der Waals surface area (Å²) in [4.78, 5) is 27.2. The molecule has 1 aromatic heterocycles. The molecule has 0 bridgehead atoms. The summed E-state index contributed by atoms with van der Waals surface area (Å²) in [7, 11) is 0. The number of benzene rings is 1. The average Bonchev–Trinajstić information content (AvgIpc) is 3.19. The molecule has 3 rings (SSSR count). The molecule has 0 saturated carbocycles. The highest BCUT2D eigenvalue weighted by Crippen LogP contribution is 2.11. The van der Waals surface area contributed by atoms with E-state index in [0.717, 1.165) is 11.3 Å². The van der Waals surface area contributed by atoms with Gasteiger partial charge in [0.05, 0.1) is 19.4 Å². The van der Waals surface area contributed by atoms with Gasteiger partial charge in [-0.05, 0) is 17.7 Å². The third-order valence-electron chi connectivity index (χ3n) is 3.73. The van der Waals surface area contributed by atoms with Crippen LogP contribution in [0.1, 0.15) is 11.3 Å². The van der Waals surface area contributed by atoms with Crippen LogP contribution in [0.3, 0.4) is 0 Å². The van der Waals surface area contributed by atoms with Gasteiger partial charge in [0, 0.05) is 19.6 Å². The van der Waals surface area contributed by atoms with Gasteiger partial charge in [-0.25, -0.2) is 4.79 Å². The number of rotatable bonds is 6. The first kappa shape index (κ1) is 15.3. The number of carbonyl (C=O) groups excluding carboxylic acids is 2. The summed E-state index contributed by atoms with van der Waals surface area (Å²) in [5.41, 5.74) is 1.11. The topological polar surface area (TPSA) is 65.8 Å². The van der Waals surface area contributed by atoms with Gasteiger partial charge in [0.25, 0.3) is 0 Å². The maximum absolute atomic E-state index is 12.4. The average molecular weight is 313 g/mol. The van der Waals surface area contributed by atoms with Crippen molar-refractivity contribution in [1.29, 1.82) is 0 Å². The first-order valence-electron chi connectivity index (χ1n) is 7.59. The van der Waals surface area contributed by atoms with E-state index in [9.17, 15) is 9.59 Å². The Morgan fingerprint density at radius 3 is 2.65 bits per heavy atom. The number of furan rings is 1. The van der Waals surface area contributed by atoms with Gasteiger partial charge in [0.15, 0.2) is 0 Å². The maximum Gasteiger partial charge on any atom is 0.324 e. The normalized spacial score (nSPS) is 14.3. The van der Waals surface area contributed by atoms with E-state index in [2.05, 4.69) is 5.32 Å². The van der Waals surface area contributed by atoms with E-state index in [4.69, 9.17) is 4.42 Å². The van der Waals surface area contributed by atoms with E-state index in [1.807, 2.05) is 47.4 Å². The first-order valence-corrected chi connectivity index (χ1v) is 7.59. The summed E-state index contributed by atoms with van der Waals surface area (Å²) < 4.78 is 5.38.